The lowest BCUT2D eigenvalue weighted by Crippen LogP contribution is -2.41. The van der Waals surface area contributed by atoms with Crippen LogP contribution in [0.5, 0.6) is 0 Å². The maximum absolute atomic E-state index is 12.3. The van der Waals surface area contributed by atoms with Crippen molar-refractivity contribution >= 4 is 45.7 Å². The number of hydrogen-bond donors (Lipinski definition) is 1. The van der Waals surface area contributed by atoms with Crippen LogP contribution in [0.3, 0.4) is 0 Å². The van der Waals surface area contributed by atoms with Crippen LogP contribution in [0.25, 0.3) is 0 Å². The second-order valence-electron chi connectivity index (χ2n) is 5.64. The molecule has 2 heterocycles. The van der Waals surface area contributed by atoms with Crippen molar-refractivity contribution in [3.63, 3.8) is 0 Å². The predicted molar refractivity (Wildman–Crippen MR) is 92.2 cm³/mol. The van der Waals surface area contributed by atoms with Gasteiger partial charge in [0, 0.05) is 16.2 Å². The smallest absolute Gasteiger partial charge is 0.246 e. The van der Waals surface area contributed by atoms with Gasteiger partial charge in [0.25, 0.3) is 0 Å². The Morgan fingerprint density at radius 3 is 3.00 bits per heavy atom. The molecule has 1 aromatic heterocycles. The summed E-state index contributed by atoms with van der Waals surface area (Å²) in [7, 11) is 0. The van der Waals surface area contributed by atoms with E-state index in [0.29, 0.717) is 16.8 Å². The molecule has 1 saturated carbocycles. The van der Waals surface area contributed by atoms with E-state index in [1.54, 1.807) is 4.90 Å². The second-order valence-corrected chi connectivity index (χ2v) is 7.51. The summed E-state index contributed by atoms with van der Waals surface area (Å²) in [5.74, 6) is 0.691. The van der Waals surface area contributed by atoms with E-state index >= 15 is 0 Å². The molecule has 118 valence electrons. The van der Waals surface area contributed by atoms with Crippen LogP contribution >= 0.6 is 23.1 Å². The van der Waals surface area contributed by atoms with Crippen LogP contribution in [-0.2, 0) is 9.59 Å². The van der Waals surface area contributed by atoms with Gasteiger partial charge in [-0.3, -0.25) is 9.59 Å². The van der Waals surface area contributed by atoms with Gasteiger partial charge in [0.1, 0.15) is 6.54 Å². The zero-order valence-corrected chi connectivity index (χ0v) is 14.0. The summed E-state index contributed by atoms with van der Waals surface area (Å²) in [5, 5.41) is 5.43. The number of fused-ring (bicyclic) bond motifs is 1. The Morgan fingerprint density at radius 1 is 1.35 bits per heavy atom. The zero-order chi connectivity index (χ0) is 15.8. The normalized spacial score (nSPS) is 17.0. The lowest BCUT2D eigenvalue weighted by atomic mass is 10.2. The average Bonchev–Trinajstić information content (AvgIpc) is 3.30. The van der Waals surface area contributed by atoms with E-state index in [4.69, 9.17) is 0 Å². The topological polar surface area (TPSA) is 62.3 Å². The minimum absolute atomic E-state index is 0.0226. The predicted octanol–water partition coefficient (Wildman–Crippen LogP) is 3.10. The molecule has 7 heteroatoms. The van der Waals surface area contributed by atoms with Crippen molar-refractivity contribution in [1.29, 1.82) is 0 Å². The van der Waals surface area contributed by atoms with Crippen molar-refractivity contribution in [1.82, 2.24) is 4.98 Å². The molecule has 1 aliphatic heterocycles. The number of aromatic nitrogens is 1. The van der Waals surface area contributed by atoms with Crippen LogP contribution in [0.2, 0.25) is 0 Å². The zero-order valence-electron chi connectivity index (χ0n) is 12.3. The third kappa shape index (κ3) is 3.11. The first-order valence-electron chi connectivity index (χ1n) is 7.48. The Morgan fingerprint density at radius 2 is 2.17 bits per heavy atom. The summed E-state index contributed by atoms with van der Waals surface area (Å²) in [6, 6.07) is 7.67. The van der Waals surface area contributed by atoms with E-state index in [1.165, 1.54) is 35.9 Å². The molecule has 1 N–H and O–H groups in total. The summed E-state index contributed by atoms with van der Waals surface area (Å²) in [6.45, 7) is 0.0226. The molecule has 0 spiro atoms. The van der Waals surface area contributed by atoms with E-state index in [2.05, 4.69) is 10.3 Å². The summed E-state index contributed by atoms with van der Waals surface area (Å²) < 4.78 is 0. The van der Waals surface area contributed by atoms with Crippen molar-refractivity contribution in [2.24, 2.45) is 0 Å². The van der Waals surface area contributed by atoms with E-state index in [-0.39, 0.29) is 18.4 Å². The van der Waals surface area contributed by atoms with E-state index < -0.39 is 0 Å². The molecule has 0 unspecified atom stereocenters. The highest BCUT2D eigenvalue weighted by Crippen LogP contribution is 2.41. The minimum atomic E-state index is -0.211. The van der Waals surface area contributed by atoms with Gasteiger partial charge in [0.05, 0.1) is 17.1 Å². The molecule has 2 aliphatic rings. The first-order chi connectivity index (χ1) is 11.2. The fourth-order valence-corrected chi connectivity index (χ4v) is 4.28. The van der Waals surface area contributed by atoms with E-state index in [9.17, 15) is 9.59 Å². The van der Waals surface area contributed by atoms with Gasteiger partial charge < -0.3 is 10.2 Å². The maximum Gasteiger partial charge on any atom is 0.246 e. The highest BCUT2D eigenvalue weighted by molar-refractivity contribution is 8.00. The summed E-state index contributed by atoms with van der Waals surface area (Å²) in [4.78, 5) is 31.5. The summed E-state index contributed by atoms with van der Waals surface area (Å²) in [6.07, 6.45) is 2.38. The van der Waals surface area contributed by atoms with Crippen molar-refractivity contribution < 1.29 is 9.59 Å². The molecule has 23 heavy (non-hydrogen) atoms. The highest BCUT2D eigenvalue weighted by Gasteiger charge is 2.28. The Bertz CT molecular complexity index is 770. The second kappa shape index (κ2) is 5.98. The Hall–Kier alpha value is -1.86. The number of carbonyl (C=O) groups is 2. The number of nitrogens with zero attached hydrogens (tertiary/aromatic N) is 2. The third-order valence-corrected chi connectivity index (χ3v) is 5.70. The largest absolute Gasteiger partial charge is 0.301 e. The molecule has 2 amide bonds. The minimum Gasteiger partial charge on any atom is -0.301 e. The third-order valence-electron chi connectivity index (χ3n) is 3.87. The lowest BCUT2D eigenvalue weighted by Gasteiger charge is -2.28. The van der Waals surface area contributed by atoms with Crippen LogP contribution in [0.1, 0.15) is 24.5 Å². The fourth-order valence-electron chi connectivity index (χ4n) is 2.54. The van der Waals surface area contributed by atoms with Gasteiger partial charge >= 0.3 is 0 Å². The number of thiazole rings is 1. The monoisotopic (exact) mass is 345 g/mol. The van der Waals surface area contributed by atoms with Gasteiger partial charge in [-0.05, 0) is 25.0 Å². The van der Waals surface area contributed by atoms with Crippen molar-refractivity contribution in [2.75, 3.05) is 22.5 Å². The molecular formula is C16H15N3O2S2. The molecule has 1 aliphatic carbocycles. The SMILES string of the molecule is O=C(CN1C(=O)CSc2ccccc21)Nc1nc(C2CC2)cs1. The molecular weight excluding hydrogens is 330 g/mol. The molecule has 1 aromatic carbocycles. The van der Waals surface area contributed by atoms with Crippen molar-refractivity contribution in [3.05, 3.63) is 35.3 Å². The van der Waals surface area contributed by atoms with Gasteiger partial charge in [-0.1, -0.05) is 12.1 Å². The van der Waals surface area contributed by atoms with Crippen molar-refractivity contribution in [2.45, 2.75) is 23.7 Å². The molecule has 1 fully saturated rings. The number of amides is 2. The van der Waals surface area contributed by atoms with Crippen LogP contribution in [0.4, 0.5) is 10.8 Å². The Labute approximate surface area is 142 Å². The molecule has 2 aromatic rings. The number of rotatable bonds is 4. The summed E-state index contributed by atoms with van der Waals surface area (Å²) in [5.41, 5.74) is 1.88. The number of carbonyl (C=O) groups excluding carboxylic acids is 2. The fraction of sp³-hybridized carbons (Fsp3) is 0.312. The number of thioether (sulfide) groups is 1. The van der Waals surface area contributed by atoms with Crippen LogP contribution in [0.15, 0.2) is 34.5 Å². The molecule has 0 saturated heterocycles. The number of para-hydroxylation sites is 1. The van der Waals surface area contributed by atoms with E-state index in [0.717, 1.165) is 16.3 Å². The van der Waals surface area contributed by atoms with Crippen molar-refractivity contribution in [3.8, 4) is 0 Å². The first-order valence-corrected chi connectivity index (χ1v) is 9.35. The number of nitrogens with one attached hydrogen (secondary N) is 1. The standard InChI is InChI=1S/C16H15N3O2S2/c20-14(18-16-17-11(8-23-16)10-5-6-10)7-19-12-3-1-2-4-13(12)22-9-15(19)21/h1-4,8,10H,5-7,9H2,(H,17,18,20). The number of hydrogen-bond acceptors (Lipinski definition) is 5. The number of benzene rings is 1. The Balaban J connectivity index is 1.46. The first kappa shape index (κ1) is 14.7. The average molecular weight is 345 g/mol. The number of anilines is 2. The van der Waals surface area contributed by atoms with Gasteiger partial charge in [-0.15, -0.1) is 23.1 Å². The lowest BCUT2D eigenvalue weighted by molar-refractivity contribution is -0.120. The molecule has 4 rings (SSSR count). The Kier molecular flexibility index (Phi) is 3.82. The maximum atomic E-state index is 12.3. The van der Waals surface area contributed by atoms with E-state index in [1.807, 2.05) is 29.6 Å². The van der Waals surface area contributed by atoms with Crippen LogP contribution < -0.4 is 10.2 Å². The highest BCUT2D eigenvalue weighted by atomic mass is 32.2. The van der Waals surface area contributed by atoms with Gasteiger partial charge in [-0.25, -0.2) is 4.98 Å². The van der Waals surface area contributed by atoms with Gasteiger partial charge in [0.2, 0.25) is 11.8 Å². The molecule has 0 radical (unpaired) electrons. The van der Waals surface area contributed by atoms with Crippen LogP contribution in [0, 0.1) is 0 Å². The quantitative estimate of drug-likeness (QED) is 0.925. The van der Waals surface area contributed by atoms with Gasteiger partial charge in [0.15, 0.2) is 5.13 Å². The van der Waals surface area contributed by atoms with Crippen LogP contribution in [-0.4, -0.2) is 29.1 Å². The molecule has 0 bridgehead atoms. The molecule has 5 nitrogen and oxygen atoms in total. The summed E-state index contributed by atoms with van der Waals surface area (Å²) >= 11 is 2.96. The molecule has 0 atom stereocenters. The van der Waals surface area contributed by atoms with Gasteiger partial charge in [-0.2, -0.15) is 0 Å².